The summed E-state index contributed by atoms with van der Waals surface area (Å²) in [6.07, 6.45) is 0. The first-order chi connectivity index (χ1) is 9.02. The number of carboxylic acid groups (broad SMARTS) is 1. The summed E-state index contributed by atoms with van der Waals surface area (Å²) < 4.78 is 5.19. The van der Waals surface area contributed by atoms with Crippen LogP contribution in [-0.2, 0) is 9.59 Å². The summed E-state index contributed by atoms with van der Waals surface area (Å²) in [6.45, 7) is 1.37. The highest BCUT2D eigenvalue weighted by molar-refractivity contribution is 5.78. The molecule has 6 nitrogen and oxygen atoms in total. The third-order valence-corrected chi connectivity index (χ3v) is 2.38. The van der Waals surface area contributed by atoms with Gasteiger partial charge in [0.05, 0.1) is 17.6 Å². The second kappa shape index (κ2) is 7.01. The Balaban J connectivity index is 2.33. The molecule has 0 heterocycles. The van der Waals surface area contributed by atoms with E-state index in [9.17, 15) is 9.59 Å². The predicted molar refractivity (Wildman–Crippen MR) is 66.5 cm³/mol. The second-order valence-electron chi connectivity index (χ2n) is 3.97. The molecule has 2 N–H and O–H groups in total. The zero-order valence-corrected chi connectivity index (χ0v) is 10.4. The van der Waals surface area contributed by atoms with Crippen molar-refractivity contribution in [2.24, 2.45) is 5.92 Å². The van der Waals surface area contributed by atoms with E-state index >= 15 is 0 Å². The first kappa shape index (κ1) is 14.5. The van der Waals surface area contributed by atoms with Gasteiger partial charge in [-0.2, -0.15) is 5.26 Å². The number of hydrogen-bond donors (Lipinski definition) is 2. The molecule has 0 spiro atoms. The Kier molecular flexibility index (Phi) is 5.35. The van der Waals surface area contributed by atoms with Crippen LogP contribution in [0.15, 0.2) is 24.3 Å². The SMILES string of the molecule is CC(CNC(=O)COc1ccc(C#N)cc1)C(=O)O. The summed E-state index contributed by atoms with van der Waals surface area (Å²) in [5.74, 6) is -1.52. The number of rotatable bonds is 6. The van der Waals surface area contributed by atoms with Crippen molar-refractivity contribution in [2.45, 2.75) is 6.92 Å². The van der Waals surface area contributed by atoms with Gasteiger partial charge in [-0.25, -0.2) is 0 Å². The normalized spacial score (nSPS) is 11.2. The van der Waals surface area contributed by atoms with Gasteiger partial charge in [-0.15, -0.1) is 0 Å². The molecule has 0 saturated carbocycles. The summed E-state index contributed by atoms with van der Waals surface area (Å²) in [5, 5.41) is 19.7. The summed E-state index contributed by atoms with van der Waals surface area (Å²) in [4.78, 5) is 21.9. The molecule has 0 aliphatic carbocycles. The second-order valence-corrected chi connectivity index (χ2v) is 3.97. The van der Waals surface area contributed by atoms with Crippen LogP contribution in [0.4, 0.5) is 0 Å². The smallest absolute Gasteiger partial charge is 0.308 e. The minimum Gasteiger partial charge on any atom is -0.484 e. The quantitative estimate of drug-likeness (QED) is 0.789. The van der Waals surface area contributed by atoms with Crippen LogP contribution in [-0.4, -0.2) is 30.1 Å². The van der Waals surface area contributed by atoms with Gasteiger partial charge in [0.1, 0.15) is 5.75 Å². The van der Waals surface area contributed by atoms with Crippen molar-refractivity contribution in [3.8, 4) is 11.8 Å². The standard InChI is InChI=1S/C13H14N2O4/c1-9(13(17)18)7-15-12(16)8-19-11-4-2-10(6-14)3-5-11/h2-5,9H,7-8H2,1H3,(H,15,16)(H,17,18). The summed E-state index contributed by atoms with van der Waals surface area (Å²) in [6, 6.07) is 8.32. The third kappa shape index (κ3) is 5.08. The molecule has 0 aromatic heterocycles. The number of carboxylic acids is 1. The molecule has 6 heteroatoms. The van der Waals surface area contributed by atoms with Gasteiger partial charge < -0.3 is 15.2 Å². The van der Waals surface area contributed by atoms with E-state index in [2.05, 4.69) is 5.32 Å². The first-order valence-corrected chi connectivity index (χ1v) is 5.65. The lowest BCUT2D eigenvalue weighted by Crippen LogP contribution is -2.34. The van der Waals surface area contributed by atoms with E-state index in [-0.39, 0.29) is 13.2 Å². The Hall–Kier alpha value is -2.55. The molecule has 0 bridgehead atoms. The summed E-state index contributed by atoms with van der Waals surface area (Å²) in [7, 11) is 0. The fraction of sp³-hybridized carbons (Fsp3) is 0.308. The van der Waals surface area contributed by atoms with Gasteiger partial charge in [0.25, 0.3) is 5.91 Å². The van der Waals surface area contributed by atoms with Crippen molar-refractivity contribution in [3.05, 3.63) is 29.8 Å². The lowest BCUT2D eigenvalue weighted by atomic mass is 10.2. The fourth-order valence-electron chi connectivity index (χ4n) is 1.18. The number of nitriles is 1. The van der Waals surface area contributed by atoms with E-state index in [1.54, 1.807) is 24.3 Å². The Labute approximate surface area is 110 Å². The molecule has 0 fully saturated rings. The average molecular weight is 262 g/mol. The average Bonchev–Trinajstić information content (AvgIpc) is 2.42. The zero-order valence-electron chi connectivity index (χ0n) is 10.4. The molecular formula is C13H14N2O4. The van der Waals surface area contributed by atoms with Crippen LogP contribution in [0.25, 0.3) is 0 Å². The molecule has 0 saturated heterocycles. The maximum Gasteiger partial charge on any atom is 0.308 e. The van der Waals surface area contributed by atoms with Crippen LogP contribution in [0, 0.1) is 17.2 Å². The van der Waals surface area contributed by atoms with Crippen LogP contribution >= 0.6 is 0 Å². The molecule has 0 aliphatic heterocycles. The topological polar surface area (TPSA) is 99.4 Å². The number of aliphatic carboxylic acids is 1. The van der Waals surface area contributed by atoms with Crippen molar-refractivity contribution in [2.75, 3.05) is 13.2 Å². The molecule has 1 amide bonds. The van der Waals surface area contributed by atoms with Crippen LogP contribution in [0.1, 0.15) is 12.5 Å². The van der Waals surface area contributed by atoms with E-state index in [1.165, 1.54) is 6.92 Å². The summed E-state index contributed by atoms with van der Waals surface area (Å²) >= 11 is 0. The number of amides is 1. The van der Waals surface area contributed by atoms with Crippen molar-refractivity contribution in [1.82, 2.24) is 5.32 Å². The van der Waals surface area contributed by atoms with E-state index in [0.29, 0.717) is 11.3 Å². The highest BCUT2D eigenvalue weighted by atomic mass is 16.5. The number of nitrogens with zero attached hydrogens (tertiary/aromatic N) is 1. The molecule has 1 atom stereocenters. The molecule has 100 valence electrons. The predicted octanol–water partition coefficient (Wildman–Crippen LogP) is 0.774. The third-order valence-electron chi connectivity index (χ3n) is 2.38. The maximum absolute atomic E-state index is 11.4. The Morgan fingerprint density at radius 3 is 2.58 bits per heavy atom. The van der Waals surface area contributed by atoms with Gasteiger partial charge in [-0.3, -0.25) is 9.59 Å². The van der Waals surface area contributed by atoms with E-state index in [0.717, 1.165) is 0 Å². The van der Waals surface area contributed by atoms with Crippen LogP contribution < -0.4 is 10.1 Å². The maximum atomic E-state index is 11.4. The molecule has 1 aromatic carbocycles. The van der Waals surface area contributed by atoms with E-state index < -0.39 is 17.8 Å². The van der Waals surface area contributed by atoms with Crippen molar-refractivity contribution >= 4 is 11.9 Å². The minimum absolute atomic E-state index is 0.0604. The van der Waals surface area contributed by atoms with Gasteiger partial charge in [-0.1, -0.05) is 6.92 Å². The molecule has 0 aliphatic rings. The number of nitrogens with one attached hydrogen (secondary N) is 1. The molecule has 1 aromatic rings. The van der Waals surface area contributed by atoms with Crippen molar-refractivity contribution < 1.29 is 19.4 Å². The van der Waals surface area contributed by atoms with Gasteiger partial charge in [-0.05, 0) is 24.3 Å². The molecule has 19 heavy (non-hydrogen) atoms. The molecule has 1 rings (SSSR count). The fourth-order valence-corrected chi connectivity index (χ4v) is 1.18. The highest BCUT2D eigenvalue weighted by Crippen LogP contribution is 2.11. The minimum atomic E-state index is -0.965. The van der Waals surface area contributed by atoms with Gasteiger partial charge >= 0.3 is 5.97 Å². The van der Waals surface area contributed by atoms with Crippen LogP contribution in [0.2, 0.25) is 0 Å². The van der Waals surface area contributed by atoms with Gasteiger partial charge in [0, 0.05) is 6.54 Å². The number of carbonyl (C=O) groups excluding carboxylic acids is 1. The molecule has 1 unspecified atom stereocenters. The molecular weight excluding hydrogens is 248 g/mol. The largest absolute Gasteiger partial charge is 0.484 e. The Morgan fingerprint density at radius 2 is 2.05 bits per heavy atom. The monoisotopic (exact) mass is 262 g/mol. The highest BCUT2D eigenvalue weighted by Gasteiger charge is 2.12. The number of carbonyl (C=O) groups is 2. The number of ether oxygens (including phenoxy) is 1. The van der Waals surface area contributed by atoms with E-state index in [1.807, 2.05) is 6.07 Å². The molecule has 0 radical (unpaired) electrons. The van der Waals surface area contributed by atoms with Gasteiger partial charge in [0.2, 0.25) is 0 Å². The van der Waals surface area contributed by atoms with Crippen LogP contribution in [0.5, 0.6) is 5.75 Å². The number of hydrogen-bond acceptors (Lipinski definition) is 4. The zero-order chi connectivity index (χ0) is 14.3. The summed E-state index contributed by atoms with van der Waals surface area (Å²) in [5.41, 5.74) is 0.507. The van der Waals surface area contributed by atoms with Gasteiger partial charge in [0.15, 0.2) is 6.61 Å². The Bertz CT molecular complexity index is 490. The number of benzene rings is 1. The van der Waals surface area contributed by atoms with Crippen LogP contribution in [0.3, 0.4) is 0 Å². The lowest BCUT2D eigenvalue weighted by molar-refractivity contribution is -0.141. The van der Waals surface area contributed by atoms with Crippen molar-refractivity contribution in [1.29, 1.82) is 5.26 Å². The van der Waals surface area contributed by atoms with E-state index in [4.69, 9.17) is 15.1 Å². The van der Waals surface area contributed by atoms with Crippen molar-refractivity contribution in [3.63, 3.8) is 0 Å². The Morgan fingerprint density at radius 1 is 1.42 bits per heavy atom. The lowest BCUT2D eigenvalue weighted by Gasteiger charge is -2.09. The first-order valence-electron chi connectivity index (χ1n) is 5.65.